The molecule has 1 heterocycles. The SMILES string of the molecule is Cc1cc(S(=O)(=O)NCCSCc2ccccc2F)ccc1N1CCCC1=O. The topological polar surface area (TPSA) is 66.5 Å². The minimum atomic E-state index is -3.63. The standard InChI is InChI=1S/C20H23FN2O3S2/c1-15-13-17(8-9-19(15)23-11-4-7-20(23)24)28(25,26)22-10-12-27-14-16-5-2-3-6-18(16)21/h2-3,5-6,8-9,13,22H,4,7,10-12,14H2,1H3. The van der Waals surface area contributed by atoms with Gasteiger partial charge in [0.05, 0.1) is 4.90 Å². The van der Waals surface area contributed by atoms with E-state index in [0.717, 1.165) is 17.7 Å². The van der Waals surface area contributed by atoms with Crippen molar-refractivity contribution in [3.8, 4) is 0 Å². The van der Waals surface area contributed by atoms with Gasteiger partial charge in [-0.25, -0.2) is 17.5 Å². The molecule has 0 aliphatic carbocycles. The largest absolute Gasteiger partial charge is 0.312 e. The number of benzene rings is 2. The average Bonchev–Trinajstić information content (AvgIpc) is 3.08. The molecule has 0 saturated carbocycles. The number of nitrogens with zero attached hydrogens (tertiary/aromatic N) is 1. The lowest BCUT2D eigenvalue weighted by Crippen LogP contribution is -2.27. The molecule has 0 unspecified atom stereocenters. The van der Waals surface area contributed by atoms with Gasteiger partial charge in [-0.2, -0.15) is 11.8 Å². The van der Waals surface area contributed by atoms with E-state index in [2.05, 4.69) is 4.72 Å². The smallest absolute Gasteiger partial charge is 0.240 e. The first-order valence-corrected chi connectivity index (χ1v) is 11.7. The summed E-state index contributed by atoms with van der Waals surface area (Å²) in [5.41, 5.74) is 2.13. The van der Waals surface area contributed by atoms with Gasteiger partial charge in [-0.3, -0.25) is 4.79 Å². The molecule has 1 amide bonds. The highest BCUT2D eigenvalue weighted by Crippen LogP contribution is 2.27. The predicted octanol–water partition coefficient (Wildman–Crippen LogP) is 3.47. The number of rotatable bonds is 8. The van der Waals surface area contributed by atoms with E-state index >= 15 is 0 Å². The number of sulfonamides is 1. The second-order valence-electron chi connectivity index (χ2n) is 6.64. The van der Waals surface area contributed by atoms with Crippen LogP contribution in [0.15, 0.2) is 47.4 Å². The lowest BCUT2D eigenvalue weighted by molar-refractivity contribution is -0.117. The van der Waals surface area contributed by atoms with E-state index < -0.39 is 10.0 Å². The van der Waals surface area contributed by atoms with Crippen LogP contribution in [0.4, 0.5) is 10.1 Å². The van der Waals surface area contributed by atoms with Gasteiger partial charge in [-0.05, 0) is 48.7 Å². The number of hydrogen-bond donors (Lipinski definition) is 1. The molecule has 1 fully saturated rings. The Labute approximate surface area is 169 Å². The molecule has 3 rings (SSSR count). The summed E-state index contributed by atoms with van der Waals surface area (Å²) in [7, 11) is -3.63. The molecule has 1 aliphatic heterocycles. The van der Waals surface area contributed by atoms with Gasteiger partial charge in [0.1, 0.15) is 5.82 Å². The van der Waals surface area contributed by atoms with Gasteiger partial charge < -0.3 is 4.90 Å². The molecule has 8 heteroatoms. The Morgan fingerprint density at radius 1 is 1.21 bits per heavy atom. The minimum Gasteiger partial charge on any atom is -0.312 e. The molecule has 0 spiro atoms. The van der Waals surface area contributed by atoms with Crippen LogP contribution < -0.4 is 9.62 Å². The van der Waals surface area contributed by atoms with Crippen molar-refractivity contribution < 1.29 is 17.6 Å². The Kier molecular flexibility index (Phi) is 6.74. The third-order valence-corrected chi connectivity index (χ3v) is 7.06. The van der Waals surface area contributed by atoms with Crippen molar-refractivity contribution in [3.63, 3.8) is 0 Å². The lowest BCUT2D eigenvalue weighted by Gasteiger charge is -2.19. The minimum absolute atomic E-state index is 0.0729. The lowest BCUT2D eigenvalue weighted by atomic mass is 10.2. The van der Waals surface area contributed by atoms with E-state index in [4.69, 9.17) is 0 Å². The molecule has 5 nitrogen and oxygen atoms in total. The monoisotopic (exact) mass is 422 g/mol. The number of nitrogens with one attached hydrogen (secondary N) is 1. The van der Waals surface area contributed by atoms with E-state index in [1.54, 1.807) is 35.2 Å². The summed E-state index contributed by atoms with van der Waals surface area (Å²) in [6, 6.07) is 11.4. The molecular formula is C20H23FN2O3S2. The predicted molar refractivity (Wildman–Crippen MR) is 111 cm³/mol. The fourth-order valence-corrected chi connectivity index (χ4v) is 5.22. The maximum absolute atomic E-state index is 13.6. The Balaban J connectivity index is 1.55. The van der Waals surface area contributed by atoms with Gasteiger partial charge in [0.2, 0.25) is 15.9 Å². The first-order valence-electron chi connectivity index (χ1n) is 9.10. The second-order valence-corrected chi connectivity index (χ2v) is 9.51. The Morgan fingerprint density at radius 3 is 2.68 bits per heavy atom. The van der Waals surface area contributed by atoms with Crippen molar-refractivity contribution in [2.75, 3.05) is 23.7 Å². The molecule has 0 radical (unpaired) electrons. The highest BCUT2D eigenvalue weighted by molar-refractivity contribution is 7.98. The van der Waals surface area contributed by atoms with Crippen LogP contribution in [0.25, 0.3) is 0 Å². The number of halogens is 1. The maximum Gasteiger partial charge on any atom is 0.240 e. The van der Waals surface area contributed by atoms with Gasteiger partial charge in [0.25, 0.3) is 0 Å². The van der Waals surface area contributed by atoms with Crippen LogP contribution >= 0.6 is 11.8 Å². The Bertz CT molecular complexity index is 964. The Hall–Kier alpha value is -1.90. The molecule has 1 N–H and O–H groups in total. The molecule has 1 saturated heterocycles. The summed E-state index contributed by atoms with van der Waals surface area (Å²) < 4.78 is 41.2. The summed E-state index contributed by atoms with van der Waals surface area (Å²) in [5.74, 6) is 0.852. The van der Waals surface area contributed by atoms with Crippen molar-refractivity contribution in [2.45, 2.75) is 30.4 Å². The van der Waals surface area contributed by atoms with Gasteiger partial charge in [0, 0.05) is 36.7 Å². The van der Waals surface area contributed by atoms with Crippen molar-refractivity contribution in [2.24, 2.45) is 0 Å². The summed E-state index contributed by atoms with van der Waals surface area (Å²) in [5, 5.41) is 0. The van der Waals surface area contributed by atoms with Gasteiger partial charge in [-0.1, -0.05) is 18.2 Å². The summed E-state index contributed by atoms with van der Waals surface area (Å²) in [6.07, 6.45) is 1.36. The molecular weight excluding hydrogens is 399 g/mol. The zero-order valence-electron chi connectivity index (χ0n) is 15.7. The molecule has 0 bridgehead atoms. The van der Waals surface area contributed by atoms with Crippen LogP contribution in [-0.2, 0) is 20.6 Å². The molecule has 2 aromatic rings. The molecule has 0 atom stereocenters. The third-order valence-electron chi connectivity index (χ3n) is 4.60. The van der Waals surface area contributed by atoms with Crippen LogP contribution in [0.5, 0.6) is 0 Å². The van der Waals surface area contributed by atoms with E-state index in [9.17, 15) is 17.6 Å². The third kappa shape index (κ3) is 4.92. The van der Waals surface area contributed by atoms with Crippen molar-refractivity contribution in [1.82, 2.24) is 4.72 Å². The van der Waals surface area contributed by atoms with Crippen LogP contribution in [-0.4, -0.2) is 33.2 Å². The van der Waals surface area contributed by atoms with E-state index in [1.165, 1.54) is 23.9 Å². The summed E-state index contributed by atoms with van der Waals surface area (Å²) in [6.45, 7) is 2.74. The quantitative estimate of drug-likeness (QED) is 0.662. The highest BCUT2D eigenvalue weighted by atomic mass is 32.2. The molecule has 150 valence electrons. The normalized spacial score (nSPS) is 14.6. The van der Waals surface area contributed by atoms with Crippen molar-refractivity contribution in [1.29, 1.82) is 0 Å². The first kappa shape index (κ1) is 20.8. The fraction of sp³-hybridized carbons (Fsp3) is 0.350. The molecule has 28 heavy (non-hydrogen) atoms. The van der Waals surface area contributed by atoms with Crippen LogP contribution in [0.3, 0.4) is 0 Å². The van der Waals surface area contributed by atoms with E-state index in [1.807, 2.05) is 6.92 Å². The number of anilines is 1. The number of amides is 1. The van der Waals surface area contributed by atoms with Gasteiger partial charge in [0.15, 0.2) is 0 Å². The van der Waals surface area contributed by atoms with Gasteiger partial charge >= 0.3 is 0 Å². The number of thioether (sulfide) groups is 1. The zero-order valence-corrected chi connectivity index (χ0v) is 17.3. The maximum atomic E-state index is 13.6. The summed E-state index contributed by atoms with van der Waals surface area (Å²) in [4.78, 5) is 13.8. The average molecular weight is 423 g/mol. The van der Waals surface area contributed by atoms with Crippen molar-refractivity contribution >= 4 is 33.4 Å². The number of aryl methyl sites for hydroxylation is 1. The van der Waals surface area contributed by atoms with E-state index in [0.29, 0.717) is 30.0 Å². The van der Waals surface area contributed by atoms with Crippen molar-refractivity contribution in [3.05, 3.63) is 59.4 Å². The molecule has 2 aromatic carbocycles. The van der Waals surface area contributed by atoms with Crippen LogP contribution in [0.1, 0.15) is 24.0 Å². The number of carbonyl (C=O) groups is 1. The number of carbonyl (C=O) groups excluding carboxylic acids is 1. The van der Waals surface area contributed by atoms with Gasteiger partial charge in [-0.15, -0.1) is 0 Å². The number of hydrogen-bond acceptors (Lipinski definition) is 4. The highest BCUT2D eigenvalue weighted by Gasteiger charge is 2.24. The zero-order chi connectivity index (χ0) is 20.1. The Morgan fingerprint density at radius 2 is 2.00 bits per heavy atom. The van der Waals surface area contributed by atoms with Crippen LogP contribution in [0, 0.1) is 12.7 Å². The summed E-state index contributed by atoms with van der Waals surface area (Å²) >= 11 is 1.47. The molecule has 1 aliphatic rings. The van der Waals surface area contributed by atoms with Crippen LogP contribution in [0.2, 0.25) is 0 Å². The second kappa shape index (κ2) is 9.07. The molecule has 0 aromatic heterocycles. The fourth-order valence-electron chi connectivity index (χ4n) is 3.13. The van der Waals surface area contributed by atoms with E-state index in [-0.39, 0.29) is 23.2 Å². The first-order chi connectivity index (χ1) is 13.4.